The molecule has 0 fully saturated rings. The fraction of sp³-hybridized carbons (Fsp3) is 0.867. The summed E-state index contributed by atoms with van der Waals surface area (Å²) in [6.45, 7) is 14.1. The van der Waals surface area contributed by atoms with Gasteiger partial charge < -0.3 is 13.9 Å². The molecule has 0 aromatic heterocycles. The van der Waals surface area contributed by atoms with Crippen molar-refractivity contribution in [2.45, 2.75) is 70.7 Å². The molecule has 5 heteroatoms. The Morgan fingerprint density at radius 3 is 2.35 bits per heavy atom. The third-order valence-corrected chi connectivity index (χ3v) is 9.29. The Morgan fingerprint density at radius 2 is 1.85 bits per heavy atom. The van der Waals surface area contributed by atoms with Gasteiger partial charge in [0.05, 0.1) is 16.6 Å². The van der Waals surface area contributed by atoms with Crippen LogP contribution in [0.3, 0.4) is 0 Å². The van der Waals surface area contributed by atoms with E-state index in [1.807, 2.05) is 6.92 Å². The van der Waals surface area contributed by atoms with Crippen molar-refractivity contribution >= 4 is 30.9 Å². The molecule has 0 saturated heterocycles. The Labute approximate surface area is 138 Å². The number of hydrogen-bond acceptors (Lipinski definition) is 3. The van der Waals surface area contributed by atoms with Crippen LogP contribution in [-0.2, 0) is 13.9 Å². The summed E-state index contributed by atoms with van der Waals surface area (Å²) in [6.07, 6.45) is 5.39. The second-order valence-corrected chi connectivity index (χ2v) is 12.4. The second kappa shape index (κ2) is 7.72. The average Bonchev–Trinajstić information content (AvgIpc) is 2.73. The summed E-state index contributed by atoms with van der Waals surface area (Å²) in [4.78, 5) is 0. The molecule has 0 bridgehead atoms. The van der Waals surface area contributed by atoms with Gasteiger partial charge >= 0.3 is 0 Å². The number of hydrogen-bond donors (Lipinski definition) is 0. The Balaban J connectivity index is 2.47. The highest BCUT2D eigenvalue weighted by Crippen LogP contribution is 2.38. The van der Waals surface area contributed by atoms with Crippen LogP contribution in [0.2, 0.25) is 18.1 Å². The van der Waals surface area contributed by atoms with E-state index >= 15 is 0 Å². The molecule has 1 rings (SSSR count). The molecule has 0 radical (unpaired) electrons. The third kappa shape index (κ3) is 5.40. The van der Waals surface area contributed by atoms with Gasteiger partial charge in [0.1, 0.15) is 0 Å². The lowest BCUT2D eigenvalue weighted by atomic mass is 10.2. The van der Waals surface area contributed by atoms with E-state index in [0.29, 0.717) is 6.61 Å². The highest BCUT2D eigenvalue weighted by atomic mass is 127. The summed E-state index contributed by atoms with van der Waals surface area (Å²) >= 11 is 2.30. The molecule has 0 N–H and O–H groups in total. The van der Waals surface area contributed by atoms with Gasteiger partial charge in [0, 0.05) is 13.0 Å². The number of rotatable bonds is 7. The van der Waals surface area contributed by atoms with Crippen molar-refractivity contribution < 1.29 is 13.9 Å². The largest absolute Gasteiger partial charge is 0.410 e. The molecule has 0 aromatic carbocycles. The van der Waals surface area contributed by atoms with Crippen LogP contribution in [0, 0.1) is 0 Å². The standard InChI is InChI=1S/C15H29IO3Si/c1-7-17-14(11-16)18-12-8-9-13(10-12)19-20(5,6)15(2,3)4/h8-9,12-14H,7,10-11H2,1-6H3/t12-,13-,14?/m1/s1. The average molecular weight is 412 g/mol. The first-order valence-electron chi connectivity index (χ1n) is 7.38. The molecule has 3 nitrogen and oxygen atoms in total. The van der Waals surface area contributed by atoms with Gasteiger partial charge in [-0.2, -0.15) is 0 Å². The maximum atomic E-state index is 6.40. The molecule has 0 spiro atoms. The van der Waals surface area contributed by atoms with E-state index in [4.69, 9.17) is 13.9 Å². The molecule has 1 unspecified atom stereocenters. The fourth-order valence-corrected chi connectivity index (χ4v) is 3.63. The number of halogens is 1. The molecular weight excluding hydrogens is 383 g/mol. The van der Waals surface area contributed by atoms with E-state index in [0.717, 1.165) is 10.8 Å². The van der Waals surface area contributed by atoms with Gasteiger partial charge in [-0.25, -0.2) is 0 Å². The van der Waals surface area contributed by atoms with E-state index in [1.165, 1.54) is 0 Å². The predicted molar refractivity (Wildman–Crippen MR) is 95.0 cm³/mol. The Hall–Kier alpha value is 0.567. The zero-order chi connectivity index (χ0) is 15.4. The first-order chi connectivity index (χ1) is 9.19. The quantitative estimate of drug-likeness (QED) is 0.202. The molecule has 1 aliphatic carbocycles. The van der Waals surface area contributed by atoms with Gasteiger partial charge in [-0.05, 0) is 25.1 Å². The van der Waals surface area contributed by atoms with Crippen molar-refractivity contribution in [1.82, 2.24) is 0 Å². The molecule has 0 amide bonds. The van der Waals surface area contributed by atoms with Crippen molar-refractivity contribution in [3.05, 3.63) is 12.2 Å². The summed E-state index contributed by atoms with van der Waals surface area (Å²) in [7, 11) is -1.70. The molecule has 0 aliphatic heterocycles. The van der Waals surface area contributed by atoms with Crippen molar-refractivity contribution in [1.29, 1.82) is 0 Å². The Kier molecular flexibility index (Phi) is 7.18. The number of alkyl halides is 1. The molecule has 1 aliphatic rings. The van der Waals surface area contributed by atoms with Crippen LogP contribution in [0.4, 0.5) is 0 Å². The topological polar surface area (TPSA) is 27.7 Å². The van der Waals surface area contributed by atoms with Gasteiger partial charge in [-0.15, -0.1) is 0 Å². The monoisotopic (exact) mass is 412 g/mol. The summed E-state index contributed by atoms with van der Waals surface area (Å²) < 4.78 is 18.7. The minimum atomic E-state index is -1.70. The Bertz CT molecular complexity index is 326. The summed E-state index contributed by atoms with van der Waals surface area (Å²) in [5, 5.41) is 0.246. The van der Waals surface area contributed by atoms with Crippen molar-refractivity contribution in [2.75, 3.05) is 11.0 Å². The van der Waals surface area contributed by atoms with Crippen LogP contribution in [0.5, 0.6) is 0 Å². The van der Waals surface area contributed by atoms with Crippen molar-refractivity contribution in [3.63, 3.8) is 0 Å². The minimum Gasteiger partial charge on any atom is -0.410 e. The van der Waals surface area contributed by atoms with Gasteiger partial charge in [0.2, 0.25) is 0 Å². The molecular formula is C15H29IO3Si. The zero-order valence-electron chi connectivity index (χ0n) is 13.6. The van der Waals surface area contributed by atoms with E-state index < -0.39 is 8.32 Å². The van der Waals surface area contributed by atoms with E-state index in [2.05, 4.69) is 68.6 Å². The summed E-state index contributed by atoms with van der Waals surface area (Å²) in [5.41, 5.74) is 0. The normalized spacial score (nSPS) is 25.1. The van der Waals surface area contributed by atoms with Crippen molar-refractivity contribution in [3.8, 4) is 0 Å². The molecule has 0 aromatic rings. The van der Waals surface area contributed by atoms with E-state index in [9.17, 15) is 0 Å². The van der Waals surface area contributed by atoms with Crippen LogP contribution < -0.4 is 0 Å². The van der Waals surface area contributed by atoms with Crippen LogP contribution in [0.15, 0.2) is 12.2 Å². The first kappa shape index (κ1) is 18.6. The second-order valence-electron chi connectivity index (χ2n) is 6.75. The van der Waals surface area contributed by atoms with Gasteiger partial charge in [0.15, 0.2) is 14.6 Å². The van der Waals surface area contributed by atoms with Crippen LogP contribution in [-0.4, -0.2) is 37.8 Å². The van der Waals surface area contributed by atoms with Crippen LogP contribution in [0.25, 0.3) is 0 Å². The van der Waals surface area contributed by atoms with Gasteiger partial charge in [-0.1, -0.05) is 55.5 Å². The summed E-state index contributed by atoms with van der Waals surface area (Å²) in [6, 6.07) is 0. The highest BCUT2D eigenvalue weighted by molar-refractivity contribution is 14.1. The smallest absolute Gasteiger partial charge is 0.192 e. The first-order valence-corrected chi connectivity index (χ1v) is 11.8. The maximum absolute atomic E-state index is 6.40. The molecule has 20 heavy (non-hydrogen) atoms. The van der Waals surface area contributed by atoms with Gasteiger partial charge in [-0.3, -0.25) is 0 Å². The number of ether oxygens (including phenoxy) is 2. The fourth-order valence-electron chi connectivity index (χ4n) is 1.88. The Morgan fingerprint density at radius 1 is 1.25 bits per heavy atom. The van der Waals surface area contributed by atoms with Crippen LogP contribution >= 0.6 is 22.6 Å². The van der Waals surface area contributed by atoms with Crippen LogP contribution in [0.1, 0.15) is 34.1 Å². The van der Waals surface area contributed by atoms with Gasteiger partial charge in [0.25, 0.3) is 0 Å². The molecule has 0 heterocycles. The third-order valence-electron chi connectivity index (χ3n) is 4.06. The molecule has 0 saturated carbocycles. The SMILES string of the molecule is CCOC(CI)O[C@@H]1C=C[C@@H](O[Si](C)(C)C(C)(C)C)C1. The van der Waals surface area contributed by atoms with E-state index in [-0.39, 0.29) is 23.5 Å². The van der Waals surface area contributed by atoms with E-state index in [1.54, 1.807) is 0 Å². The maximum Gasteiger partial charge on any atom is 0.192 e. The lowest BCUT2D eigenvalue weighted by Gasteiger charge is -2.38. The predicted octanol–water partition coefficient (Wildman–Crippen LogP) is 4.52. The highest BCUT2D eigenvalue weighted by Gasteiger charge is 2.40. The van der Waals surface area contributed by atoms with Crippen molar-refractivity contribution in [2.24, 2.45) is 0 Å². The minimum absolute atomic E-state index is 0.109. The zero-order valence-corrected chi connectivity index (χ0v) is 16.8. The lowest BCUT2D eigenvalue weighted by molar-refractivity contribution is -0.142. The molecule has 118 valence electrons. The molecule has 3 atom stereocenters. The summed E-state index contributed by atoms with van der Waals surface area (Å²) in [5.74, 6) is 0. The lowest BCUT2D eigenvalue weighted by Crippen LogP contribution is -2.43.